The Hall–Kier alpha value is -2.35. The molecule has 2 heteroatoms. The third-order valence-electron chi connectivity index (χ3n) is 3.33. The van der Waals surface area contributed by atoms with Crippen molar-refractivity contribution in [3.63, 3.8) is 0 Å². The molecule has 0 aliphatic heterocycles. The Morgan fingerprint density at radius 2 is 1.53 bits per heavy atom. The molecule has 0 bridgehead atoms. The molecule has 0 atom stereocenters. The standard InChI is InChI=1S/C17H14O2/c1-2-13-14-10-6-7-11-15(14)17(18)19-16(13)12-8-4-3-5-9-12/h3-11H,2H2,1H3. The van der Waals surface area contributed by atoms with Crippen LogP contribution < -0.4 is 5.63 Å². The highest BCUT2D eigenvalue weighted by atomic mass is 16.4. The second-order valence-corrected chi connectivity index (χ2v) is 4.46. The first kappa shape index (κ1) is 11.7. The van der Waals surface area contributed by atoms with Crippen LogP contribution >= 0.6 is 0 Å². The van der Waals surface area contributed by atoms with E-state index in [9.17, 15) is 4.79 Å². The Labute approximate surface area is 111 Å². The number of hydrogen-bond donors (Lipinski definition) is 0. The third-order valence-corrected chi connectivity index (χ3v) is 3.33. The smallest absolute Gasteiger partial charge is 0.344 e. The first-order valence-corrected chi connectivity index (χ1v) is 6.41. The molecule has 0 saturated heterocycles. The summed E-state index contributed by atoms with van der Waals surface area (Å²) < 4.78 is 5.54. The molecule has 1 aromatic heterocycles. The lowest BCUT2D eigenvalue weighted by Crippen LogP contribution is -2.04. The van der Waals surface area contributed by atoms with Crippen molar-refractivity contribution in [1.82, 2.24) is 0 Å². The third kappa shape index (κ3) is 1.95. The van der Waals surface area contributed by atoms with E-state index in [2.05, 4.69) is 6.92 Å². The van der Waals surface area contributed by atoms with E-state index in [1.807, 2.05) is 54.6 Å². The lowest BCUT2D eigenvalue weighted by atomic mass is 10.00. The normalized spacial score (nSPS) is 10.8. The Kier molecular flexibility index (Phi) is 2.92. The van der Waals surface area contributed by atoms with Crippen LogP contribution in [0.1, 0.15) is 12.5 Å². The van der Waals surface area contributed by atoms with E-state index in [-0.39, 0.29) is 5.63 Å². The van der Waals surface area contributed by atoms with Gasteiger partial charge in [0.15, 0.2) is 0 Å². The maximum atomic E-state index is 12.1. The van der Waals surface area contributed by atoms with Crippen LogP contribution in [0.2, 0.25) is 0 Å². The van der Waals surface area contributed by atoms with Crippen LogP contribution in [0, 0.1) is 0 Å². The zero-order chi connectivity index (χ0) is 13.2. The topological polar surface area (TPSA) is 30.2 Å². The number of fused-ring (bicyclic) bond motifs is 1. The highest BCUT2D eigenvalue weighted by Crippen LogP contribution is 2.28. The van der Waals surface area contributed by atoms with Gasteiger partial charge in [-0.3, -0.25) is 0 Å². The van der Waals surface area contributed by atoms with E-state index in [4.69, 9.17) is 4.42 Å². The average molecular weight is 250 g/mol. The molecule has 0 aliphatic carbocycles. The fraction of sp³-hybridized carbons (Fsp3) is 0.118. The zero-order valence-corrected chi connectivity index (χ0v) is 10.7. The molecule has 3 aromatic rings. The van der Waals surface area contributed by atoms with Crippen LogP contribution in [0.5, 0.6) is 0 Å². The summed E-state index contributed by atoms with van der Waals surface area (Å²) in [7, 11) is 0. The maximum absolute atomic E-state index is 12.1. The molecular formula is C17H14O2. The number of aryl methyl sites for hydroxylation is 1. The summed E-state index contributed by atoms with van der Waals surface area (Å²) in [5.41, 5.74) is 1.76. The van der Waals surface area contributed by atoms with Crippen LogP contribution in [-0.2, 0) is 6.42 Å². The first-order valence-electron chi connectivity index (χ1n) is 6.41. The summed E-state index contributed by atoms with van der Waals surface area (Å²) >= 11 is 0. The number of rotatable bonds is 2. The number of benzene rings is 2. The molecule has 0 radical (unpaired) electrons. The van der Waals surface area contributed by atoms with Gasteiger partial charge in [0.1, 0.15) is 5.76 Å². The van der Waals surface area contributed by atoms with Crippen molar-refractivity contribution >= 4 is 10.8 Å². The van der Waals surface area contributed by atoms with Crippen LogP contribution in [0.15, 0.2) is 63.8 Å². The second-order valence-electron chi connectivity index (χ2n) is 4.46. The van der Waals surface area contributed by atoms with E-state index in [1.54, 1.807) is 0 Å². The Morgan fingerprint density at radius 1 is 0.895 bits per heavy atom. The summed E-state index contributed by atoms with van der Waals surface area (Å²) in [4.78, 5) is 12.1. The summed E-state index contributed by atoms with van der Waals surface area (Å²) in [5, 5.41) is 1.64. The molecule has 0 amide bonds. The first-order chi connectivity index (χ1) is 9.31. The minimum absolute atomic E-state index is 0.272. The molecular weight excluding hydrogens is 236 g/mol. The SMILES string of the molecule is CCc1c(-c2ccccc2)oc(=O)c2ccccc12. The molecule has 2 aromatic carbocycles. The molecule has 19 heavy (non-hydrogen) atoms. The molecule has 1 heterocycles. The summed E-state index contributed by atoms with van der Waals surface area (Å²) in [6.07, 6.45) is 0.828. The summed E-state index contributed by atoms with van der Waals surface area (Å²) in [5.74, 6) is 0.687. The van der Waals surface area contributed by atoms with E-state index in [1.165, 1.54) is 0 Å². The van der Waals surface area contributed by atoms with E-state index in [0.717, 1.165) is 22.9 Å². The summed E-state index contributed by atoms with van der Waals surface area (Å²) in [6, 6.07) is 17.4. The van der Waals surface area contributed by atoms with Crippen molar-refractivity contribution in [3.8, 4) is 11.3 Å². The molecule has 0 fully saturated rings. The largest absolute Gasteiger partial charge is 0.422 e. The minimum atomic E-state index is -0.272. The van der Waals surface area contributed by atoms with Gasteiger partial charge in [0.2, 0.25) is 0 Å². The van der Waals surface area contributed by atoms with Crippen LogP contribution in [0.25, 0.3) is 22.1 Å². The maximum Gasteiger partial charge on any atom is 0.344 e. The molecule has 0 aliphatic rings. The quantitative estimate of drug-likeness (QED) is 0.687. The Morgan fingerprint density at radius 3 is 2.21 bits per heavy atom. The lowest BCUT2D eigenvalue weighted by molar-refractivity contribution is 0.529. The molecule has 0 N–H and O–H groups in total. The fourth-order valence-corrected chi connectivity index (χ4v) is 2.43. The van der Waals surface area contributed by atoms with Crippen molar-refractivity contribution in [2.24, 2.45) is 0 Å². The van der Waals surface area contributed by atoms with Crippen molar-refractivity contribution in [2.45, 2.75) is 13.3 Å². The van der Waals surface area contributed by atoms with Gasteiger partial charge in [0, 0.05) is 11.1 Å². The predicted molar refractivity (Wildman–Crippen MR) is 77.3 cm³/mol. The van der Waals surface area contributed by atoms with Crippen LogP contribution in [0.4, 0.5) is 0 Å². The van der Waals surface area contributed by atoms with Crippen molar-refractivity contribution in [2.75, 3.05) is 0 Å². The highest BCUT2D eigenvalue weighted by molar-refractivity contribution is 5.88. The average Bonchev–Trinajstić information content (AvgIpc) is 2.48. The van der Waals surface area contributed by atoms with Gasteiger partial charge in [-0.2, -0.15) is 0 Å². The van der Waals surface area contributed by atoms with Crippen LogP contribution in [0.3, 0.4) is 0 Å². The fourth-order valence-electron chi connectivity index (χ4n) is 2.43. The van der Waals surface area contributed by atoms with Gasteiger partial charge in [0.25, 0.3) is 0 Å². The summed E-state index contributed by atoms with van der Waals surface area (Å²) in [6.45, 7) is 2.08. The van der Waals surface area contributed by atoms with Gasteiger partial charge in [-0.25, -0.2) is 4.79 Å². The molecule has 0 unspecified atom stereocenters. The lowest BCUT2D eigenvalue weighted by Gasteiger charge is -2.09. The van der Waals surface area contributed by atoms with Gasteiger partial charge in [0.05, 0.1) is 5.39 Å². The van der Waals surface area contributed by atoms with E-state index < -0.39 is 0 Å². The van der Waals surface area contributed by atoms with Gasteiger partial charge in [-0.1, -0.05) is 55.5 Å². The molecule has 94 valence electrons. The van der Waals surface area contributed by atoms with Crippen molar-refractivity contribution in [3.05, 3.63) is 70.6 Å². The molecule has 0 saturated carbocycles. The minimum Gasteiger partial charge on any atom is -0.422 e. The molecule has 0 spiro atoms. The highest BCUT2D eigenvalue weighted by Gasteiger charge is 2.13. The zero-order valence-electron chi connectivity index (χ0n) is 10.7. The number of hydrogen-bond acceptors (Lipinski definition) is 2. The predicted octanol–water partition coefficient (Wildman–Crippen LogP) is 4.02. The second kappa shape index (κ2) is 4.73. The van der Waals surface area contributed by atoms with Crippen molar-refractivity contribution in [1.29, 1.82) is 0 Å². The van der Waals surface area contributed by atoms with Crippen LogP contribution in [-0.4, -0.2) is 0 Å². The Bertz CT molecular complexity index is 770. The van der Waals surface area contributed by atoms with Gasteiger partial charge in [-0.05, 0) is 17.9 Å². The monoisotopic (exact) mass is 250 g/mol. The molecule has 3 rings (SSSR count). The van der Waals surface area contributed by atoms with E-state index >= 15 is 0 Å². The Balaban J connectivity index is 2.41. The van der Waals surface area contributed by atoms with E-state index in [0.29, 0.717) is 11.1 Å². The van der Waals surface area contributed by atoms with Crippen molar-refractivity contribution < 1.29 is 4.42 Å². The molecule has 2 nitrogen and oxygen atoms in total. The van der Waals surface area contributed by atoms with Gasteiger partial charge >= 0.3 is 5.63 Å². The van der Waals surface area contributed by atoms with Gasteiger partial charge in [-0.15, -0.1) is 0 Å². The van der Waals surface area contributed by atoms with Gasteiger partial charge < -0.3 is 4.42 Å².